The second kappa shape index (κ2) is 20.4. The monoisotopic (exact) mass is 856 g/mol. The van der Waals surface area contributed by atoms with Gasteiger partial charge in [0.25, 0.3) is 0 Å². The molecule has 4 aliphatic heterocycles. The summed E-state index contributed by atoms with van der Waals surface area (Å²) in [6.07, 6.45) is -33.5. The summed E-state index contributed by atoms with van der Waals surface area (Å²) >= 11 is 0. The van der Waals surface area contributed by atoms with Gasteiger partial charge in [0.2, 0.25) is 11.8 Å². The molecule has 20 atom stereocenters. The van der Waals surface area contributed by atoms with Crippen molar-refractivity contribution in [1.82, 2.24) is 10.6 Å². The summed E-state index contributed by atoms with van der Waals surface area (Å²) < 4.78 is 49.8. The lowest BCUT2D eigenvalue weighted by Crippen LogP contribution is -2.70. The van der Waals surface area contributed by atoms with Gasteiger partial charge >= 0.3 is 17.9 Å². The third-order valence-corrected chi connectivity index (χ3v) is 10.0. The number of amides is 2. The van der Waals surface area contributed by atoms with E-state index in [0.717, 1.165) is 21.0 Å². The number of methoxy groups -OCH3 is 1. The topological polar surface area (TPSA) is 375 Å². The number of esters is 1. The SMILES string of the molecule is C=C(C)C(=O)OCC1O[C@@H](C)C(NC(C)=O)[C@@H](O[C@@H]2OC(C(=O)O)[C@@H](O[C@@H]3OC(CO)[C@@H](O)[C@H](O[C@@H]4OC(C(=O)O)[C@@H](OC)[C@H](O)C4O)C3NC(C)=O)[C@H](O)C2O)[C@@H]1O. The van der Waals surface area contributed by atoms with E-state index in [1.54, 1.807) is 0 Å². The number of aliphatic hydroxyl groups is 7. The maximum atomic E-state index is 12.7. The summed E-state index contributed by atoms with van der Waals surface area (Å²) in [5.41, 5.74) is 0.0380. The van der Waals surface area contributed by atoms with E-state index < -0.39 is 165 Å². The number of carbonyl (C=O) groups excluding carboxylic acids is 3. The van der Waals surface area contributed by atoms with Crippen molar-refractivity contribution in [2.45, 2.75) is 150 Å². The van der Waals surface area contributed by atoms with Gasteiger partial charge in [0, 0.05) is 26.5 Å². The molecule has 25 heteroatoms. The molecule has 0 aliphatic carbocycles. The van der Waals surface area contributed by atoms with Crippen molar-refractivity contribution < 1.29 is 113 Å². The maximum absolute atomic E-state index is 12.7. The Labute approximate surface area is 335 Å². The molecular formula is C34H52N2O23. The van der Waals surface area contributed by atoms with E-state index >= 15 is 0 Å². The van der Waals surface area contributed by atoms with Crippen molar-refractivity contribution in [3.63, 3.8) is 0 Å². The fraction of sp³-hybridized carbons (Fsp3) is 0.794. The normalized spacial score (nSPS) is 42.6. The van der Waals surface area contributed by atoms with Crippen molar-refractivity contribution in [1.29, 1.82) is 0 Å². The van der Waals surface area contributed by atoms with Crippen molar-refractivity contribution in [2.75, 3.05) is 20.3 Å². The van der Waals surface area contributed by atoms with E-state index in [4.69, 9.17) is 42.6 Å². The van der Waals surface area contributed by atoms with Gasteiger partial charge in [-0.25, -0.2) is 14.4 Å². The molecule has 0 aromatic heterocycles. The number of hydrogen-bond donors (Lipinski definition) is 11. The highest BCUT2D eigenvalue weighted by Gasteiger charge is 2.57. The van der Waals surface area contributed by atoms with Gasteiger partial charge in [0.15, 0.2) is 31.1 Å². The molecule has 8 unspecified atom stereocenters. The Balaban J connectivity index is 1.62. The van der Waals surface area contributed by atoms with Crippen LogP contribution in [0.15, 0.2) is 12.2 Å². The van der Waals surface area contributed by atoms with Crippen LogP contribution in [0, 0.1) is 0 Å². The fourth-order valence-corrected chi connectivity index (χ4v) is 7.06. The van der Waals surface area contributed by atoms with Crippen LogP contribution >= 0.6 is 0 Å². The molecular weight excluding hydrogens is 804 g/mol. The van der Waals surface area contributed by atoms with Gasteiger partial charge < -0.3 is 99.2 Å². The average Bonchev–Trinajstić information content (AvgIpc) is 3.16. The molecule has 25 nitrogen and oxygen atoms in total. The van der Waals surface area contributed by atoms with Gasteiger partial charge in [0.1, 0.15) is 85.9 Å². The third kappa shape index (κ3) is 10.9. The van der Waals surface area contributed by atoms with Crippen LogP contribution in [-0.2, 0) is 66.6 Å². The maximum Gasteiger partial charge on any atom is 0.335 e. The molecule has 4 fully saturated rings. The largest absolute Gasteiger partial charge is 0.479 e. The number of ether oxygens (including phenoxy) is 9. The Hall–Kier alpha value is -3.51. The first-order chi connectivity index (χ1) is 27.6. The minimum atomic E-state index is -2.27. The van der Waals surface area contributed by atoms with Gasteiger partial charge in [0.05, 0.1) is 18.8 Å². The Morgan fingerprint density at radius 3 is 1.54 bits per heavy atom. The molecule has 2 amide bonds. The van der Waals surface area contributed by atoms with Gasteiger partial charge in [-0.1, -0.05) is 6.58 Å². The van der Waals surface area contributed by atoms with Gasteiger partial charge in [-0.15, -0.1) is 0 Å². The molecule has 336 valence electrons. The lowest BCUT2D eigenvalue weighted by molar-refractivity contribution is -0.366. The number of aliphatic hydroxyl groups excluding tert-OH is 7. The highest BCUT2D eigenvalue weighted by Crippen LogP contribution is 2.35. The lowest BCUT2D eigenvalue weighted by atomic mass is 9.92. The van der Waals surface area contributed by atoms with E-state index in [2.05, 4.69) is 17.2 Å². The molecule has 59 heavy (non-hydrogen) atoms. The molecule has 0 bridgehead atoms. The quantitative estimate of drug-likeness (QED) is 0.0539. The summed E-state index contributed by atoms with van der Waals surface area (Å²) in [5, 5.41) is 101. The van der Waals surface area contributed by atoms with Crippen LogP contribution in [0.25, 0.3) is 0 Å². The number of aliphatic carboxylic acids is 2. The molecule has 0 radical (unpaired) electrons. The molecule has 4 aliphatic rings. The Morgan fingerprint density at radius 1 is 0.610 bits per heavy atom. The molecule has 11 N–H and O–H groups in total. The predicted octanol–water partition coefficient (Wildman–Crippen LogP) is -6.43. The number of nitrogens with one attached hydrogen (secondary N) is 2. The first-order valence-corrected chi connectivity index (χ1v) is 18.3. The van der Waals surface area contributed by atoms with Crippen LogP contribution in [0.5, 0.6) is 0 Å². The van der Waals surface area contributed by atoms with Crippen LogP contribution < -0.4 is 10.6 Å². The van der Waals surface area contributed by atoms with E-state index in [-0.39, 0.29) is 5.57 Å². The number of carboxylic acids is 2. The Morgan fingerprint density at radius 2 is 1.07 bits per heavy atom. The zero-order valence-corrected chi connectivity index (χ0v) is 32.4. The molecule has 0 aromatic rings. The van der Waals surface area contributed by atoms with Crippen molar-refractivity contribution in [2.24, 2.45) is 0 Å². The molecule has 0 saturated carbocycles. The summed E-state index contributed by atoms with van der Waals surface area (Å²) in [6, 6.07) is -2.95. The van der Waals surface area contributed by atoms with Gasteiger partial charge in [-0.2, -0.15) is 0 Å². The van der Waals surface area contributed by atoms with Crippen LogP contribution in [0.2, 0.25) is 0 Å². The van der Waals surface area contributed by atoms with E-state index in [1.807, 2.05) is 0 Å². The van der Waals surface area contributed by atoms with Crippen LogP contribution in [0.3, 0.4) is 0 Å². The van der Waals surface area contributed by atoms with Crippen molar-refractivity contribution in [3.05, 3.63) is 12.2 Å². The summed E-state index contributed by atoms with van der Waals surface area (Å²) in [5.74, 6) is -5.74. The molecule has 4 heterocycles. The number of carboxylic acid groups (broad SMARTS) is 2. The molecule has 4 rings (SSSR count). The number of rotatable bonds is 15. The zero-order valence-electron chi connectivity index (χ0n) is 32.4. The Kier molecular flexibility index (Phi) is 16.6. The summed E-state index contributed by atoms with van der Waals surface area (Å²) in [6.45, 7) is 6.94. The lowest BCUT2D eigenvalue weighted by Gasteiger charge is -2.50. The van der Waals surface area contributed by atoms with Crippen molar-refractivity contribution in [3.8, 4) is 0 Å². The standard InChI is InChI=1S/C34H52N2O23/c1-9(2)31(50)52-8-14-18(41)23(15(10(3)53-14)35-11(4)38)55-34-22(45)20(43)26(28(59-34)30(48)49)57-32-16(36-12(5)39)24(17(40)13(7-37)54-32)56-33-21(44)19(42)25(51-6)27(58-33)29(46)47/h10,13-28,32-34,37,40-45H,1,7-8H2,2-6H3,(H,35,38)(H,36,39)(H,46,47)(H,48,49)/t10-,13?,14?,15?,16?,17+,18+,19+,20+,21?,22?,23+,24+,25-,26-,27?,28?,32-,33+,34+/m0/s1. The Bertz CT molecular complexity index is 1520. The predicted molar refractivity (Wildman–Crippen MR) is 185 cm³/mol. The fourth-order valence-electron chi connectivity index (χ4n) is 7.06. The van der Waals surface area contributed by atoms with Crippen LogP contribution in [0.4, 0.5) is 0 Å². The third-order valence-electron chi connectivity index (χ3n) is 10.0. The van der Waals surface area contributed by atoms with Gasteiger partial charge in [-0.3, -0.25) is 9.59 Å². The van der Waals surface area contributed by atoms with Gasteiger partial charge in [-0.05, 0) is 13.8 Å². The average molecular weight is 857 g/mol. The van der Waals surface area contributed by atoms with Crippen LogP contribution in [0.1, 0.15) is 27.7 Å². The van der Waals surface area contributed by atoms with E-state index in [0.29, 0.717) is 0 Å². The van der Waals surface area contributed by atoms with E-state index in [9.17, 15) is 69.9 Å². The first kappa shape index (κ1) is 48.2. The van der Waals surface area contributed by atoms with Crippen molar-refractivity contribution >= 4 is 29.7 Å². The molecule has 4 saturated heterocycles. The highest BCUT2D eigenvalue weighted by atomic mass is 16.8. The second-order valence-corrected chi connectivity index (χ2v) is 14.4. The summed E-state index contributed by atoms with van der Waals surface area (Å²) in [7, 11) is 1.04. The minimum Gasteiger partial charge on any atom is -0.479 e. The van der Waals surface area contributed by atoms with E-state index in [1.165, 1.54) is 13.8 Å². The smallest absolute Gasteiger partial charge is 0.335 e. The second-order valence-electron chi connectivity index (χ2n) is 14.4. The number of hydrogen-bond acceptors (Lipinski definition) is 21. The molecule has 0 spiro atoms. The first-order valence-electron chi connectivity index (χ1n) is 18.3. The zero-order chi connectivity index (χ0) is 44.2. The van der Waals surface area contributed by atoms with Crippen LogP contribution in [-0.4, -0.2) is 219 Å². The number of carbonyl (C=O) groups is 5. The molecule has 0 aromatic carbocycles. The summed E-state index contributed by atoms with van der Waals surface area (Å²) in [4.78, 5) is 61.2. The minimum absolute atomic E-state index is 0.0380. The highest BCUT2D eigenvalue weighted by molar-refractivity contribution is 5.86.